The quantitative estimate of drug-likeness (QED) is 0.639. The van der Waals surface area contributed by atoms with Gasteiger partial charge in [-0.05, 0) is 37.5 Å². The summed E-state index contributed by atoms with van der Waals surface area (Å²) in [5, 5.41) is 13.6. The molecule has 5 atom stereocenters. The number of nitrogens with zero attached hydrogens (tertiary/aromatic N) is 1. The standard InChI is InChI=1S/C19H27F2N3O3S/c1-4-19(2)7-8-27-17-15(28(26)23-19)11-24(3)16(17)18(25)22-10-12-5-6-13(20)14(21)9-12/h5-6,9,11,16-18,22-23,25H,4,7-8,10H2,1-3H3. The summed E-state index contributed by atoms with van der Waals surface area (Å²) in [6, 6.07) is 3.11. The van der Waals surface area contributed by atoms with Gasteiger partial charge >= 0.3 is 0 Å². The number of rotatable bonds is 5. The fraction of sp³-hybridized carbons (Fsp3) is 0.579. The second-order valence-electron chi connectivity index (χ2n) is 7.59. The molecule has 1 fully saturated rings. The van der Waals surface area contributed by atoms with E-state index in [2.05, 4.69) is 10.0 Å². The van der Waals surface area contributed by atoms with Gasteiger partial charge in [-0.1, -0.05) is 13.0 Å². The van der Waals surface area contributed by atoms with Crippen molar-refractivity contribution in [1.29, 1.82) is 0 Å². The van der Waals surface area contributed by atoms with Gasteiger partial charge in [0, 0.05) is 31.9 Å². The topological polar surface area (TPSA) is 73.8 Å². The van der Waals surface area contributed by atoms with E-state index in [1.807, 2.05) is 13.8 Å². The van der Waals surface area contributed by atoms with Crippen molar-refractivity contribution in [3.63, 3.8) is 0 Å². The van der Waals surface area contributed by atoms with Crippen LogP contribution in [0.2, 0.25) is 0 Å². The molecule has 5 unspecified atom stereocenters. The second kappa shape index (κ2) is 8.54. The molecular formula is C19H27F2N3O3S. The van der Waals surface area contributed by atoms with Crippen LogP contribution in [0, 0.1) is 11.6 Å². The van der Waals surface area contributed by atoms with Crippen LogP contribution >= 0.6 is 0 Å². The average Bonchev–Trinajstić information content (AvgIpc) is 2.97. The molecule has 0 aliphatic carbocycles. The second-order valence-corrected chi connectivity index (χ2v) is 8.80. The van der Waals surface area contributed by atoms with Crippen LogP contribution in [0.25, 0.3) is 0 Å². The third kappa shape index (κ3) is 4.44. The van der Waals surface area contributed by atoms with E-state index >= 15 is 0 Å². The summed E-state index contributed by atoms with van der Waals surface area (Å²) in [4.78, 5) is 2.36. The molecule has 2 heterocycles. The number of halogens is 2. The molecule has 28 heavy (non-hydrogen) atoms. The Balaban J connectivity index is 1.69. The minimum absolute atomic E-state index is 0.153. The third-order valence-electron chi connectivity index (χ3n) is 5.50. The molecule has 9 heteroatoms. The van der Waals surface area contributed by atoms with Gasteiger partial charge in [-0.2, -0.15) is 0 Å². The predicted octanol–water partition coefficient (Wildman–Crippen LogP) is 1.74. The van der Waals surface area contributed by atoms with Crippen molar-refractivity contribution < 1.29 is 22.8 Å². The van der Waals surface area contributed by atoms with Gasteiger partial charge in [-0.25, -0.2) is 17.7 Å². The lowest BCUT2D eigenvalue weighted by atomic mass is 9.96. The molecule has 0 bridgehead atoms. The predicted molar refractivity (Wildman–Crippen MR) is 103 cm³/mol. The molecule has 0 spiro atoms. The van der Waals surface area contributed by atoms with Gasteiger partial charge < -0.3 is 14.7 Å². The van der Waals surface area contributed by atoms with Crippen LogP contribution in [0.3, 0.4) is 0 Å². The monoisotopic (exact) mass is 415 g/mol. The van der Waals surface area contributed by atoms with E-state index in [0.29, 0.717) is 23.5 Å². The molecule has 0 amide bonds. The van der Waals surface area contributed by atoms with Crippen LogP contribution in [-0.2, 0) is 22.3 Å². The molecule has 1 saturated heterocycles. The first-order valence-corrected chi connectivity index (χ1v) is 10.5. The highest BCUT2D eigenvalue weighted by Crippen LogP contribution is 2.31. The zero-order chi connectivity index (χ0) is 20.5. The number of fused-ring (bicyclic) bond motifs is 1. The molecule has 0 aromatic heterocycles. The maximum absolute atomic E-state index is 13.4. The average molecular weight is 416 g/mol. The summed E-state index contributed by atoms with van der Waals surface area (Å²) in [6.45, 7) is 4.67. The number of likely N-dealkylation sites (N-methyl/N-ethyl adjacent to an activating group) is 1. The van der Waals surface area contributed by atoms with E-state index in [-0.39, 0.29) is 12.1 Å². The first-order valence-electron chi connectivity index (χ1n) is 9.34. The van der Waals surface area contributed by atoms with E-state index in [9.17, 15) is 18.1 Å². The van der Waals surface area contributed by atoms with Crippen LogP contribution in [0.1, 0.15) is 32.3 Å². The fourth-order valence-corrected chi connectivity index (χ4v) is 4.94. The van der Waals surface area contributed by atoms with Gasteiger partial charge in [0.25, 0.3) is 0 Å². The highest BCUT2D eigenvalue weighted by Gasteiger charge is 2.44. The molecule has 156 valence electrons. The summed E-state index contributed by atoms with van der Waals surface area (Å²) in [5.74, 6) is -1.84. The fourth-order valence-electron chi connectivity index (χ4n) is 3.45. The Labute approximate surface area is 166 Å². The Bertz CT molecular complexity index is 779. The number of aliphatic hydroxyl groups is 1. The Morgan fingerprint density at radius 2 is 2.21 bits per heavy atom. The highest BCUT2D eigenvalue weighted by atomic mass is 32.2. The summed E-state index contributed by atoms with van der Waals surface area (Å²) < 4.78 is 48.5. The van der Waals surface area contributed by atoms with Crippen molar-refractivity contribution in [1.82, 2.24) is 14.9 Å². The van der Waals surface area contributed by atoms with E-state index in [0.717, 1.165) is 18.6 Å². The van der Waals surface area contributed by atoms with Gasteiger partial charge in [0.2, 0.25) is 0 Å². The molecule has 2 aliphatic rings. The first kappa shape index (κ1) is 21.3. The van der Waals surface area contributed by atoms with Crippen LogP contribution < -0.4 is 10.0 Å². The Hall–Kier alpha value is -1.39. The summed E-state index contributed by atoms with van der Waals surface area (Å²) >= 11 is 0. The van der Waals surface area contributed by atoms with Crippen molar-refractivity contribution in [2.24, 2.45) is 0 Å². The van der Waals surface area contributed by atoms with Gasteiger partial charge in [0.1, 0.15) is 23.3 Å². The highest BCUT2D eigenvalue weighted by molar-refractivity contribution is 7.87. The van der Waals surface area contributed by atoms with E-state index < -0.39 is 41.0 Å². The number of aliphatic hydroxyl groups excluding tert-OH is 1. The van der Waals surface area contributed by atoms with Crippen molar-refractivity contribution >= 4 is 11.0 Å². The van der Waals surface area contributed by atoms with Crippen LogP contribution in [0.5, 0.6) is 0 Å². The molecule has 0 radical (unpaired) electrons. The smallest absolute Gasteiger partial charge is 0.159 e. The number of hydrogen-bond donors (Lipinski definition) is 3. The lowest BCUT2D eigenvalue weighted by Gasteiger charge is -2.36. The maximum atomic E-state index is 13.4. The molecule has 3 rings (SSSR count). The van der Waals surface area contributed by atoms with Crippen molar-refractivity contribution in [2.45, 2.75) is 57.1 Å². The molecule has 2 aliphatic heterocycles. The molecule has 0 saturated carbocycles. The van der Waals surface area contributed by atoms with E-state index in [1.165, 1.54) is 6.07 Å². The van der Waals surface area contributed by atoms with Crippen LogP contribution in [-0.4, -0.2) is 51.8 Å². The number of benzene rings is 1. The molecule has 1 aromatic rings. The Kier molecular flexibility index (Phi) is 6.51. The van der Waals surface area contributed by atoms with Gasteiger partial charge in [0.05, 0.1) is 10.9 Å². The summed E-state index contributed by atoms with van der Waals surface area (Å²) in [7, 11) is 0.350. The van der Waals surface area contributed by atoms with Crippen molar-refractivity contribution in [2.75, 3.05) is 13.7 Å². The largest absolute Gasteiger partial charge is 0.376 e. The van der Waals surface area contributed by atoms with Crippen LogP contribution in [0.4, 0.5) is 8.78 Å². The lowest BCUT2D eigenvalue weighted by molar-refractivity contribution is -0.0290. The summed E-state index contributed by atoms with van der Waals surface area (Å²) in [5.41, 5.74) is 0.228. The van der Waals surface area contributed by atoms with Crippen LogP contribution in [0.15, 0.2) is 29.3 Å². The number of ether oxygens (including phenoxy) is 1. The minimum Gasteiger partial charge on any atom is -0.376 e. The molecule has 1 aromatic carbocycles. The van der Waals surface area contributed by atoms with Gasteiger partial charge in [-0.3, -0.25) is 5.32 Å². The van der Waals surface area contributed by atoms with Crippen molar-refractivity contribution in [3.8, 4) is 0 Å². The first-order chi connectivity index (χ1) is 13.2. The lowest BCUT2D eigenvalue weighted by Crippen LogP contribution is -2.54. The third-order valence-corrected chi connectivity index (χ3v) is 6.94. The Morgan fingerprint density at radius 1 is 1.46 bits per heavy atom. The van der Waals surface area contributed by atoms with Gasteiger partial charge in [-0.15, -0.1) is 0 Å². The van der Waals surface area contributed by atoms with Gasteiger partial charge in [0.15, 0.2) is 11.6 Å². The summed E-state index contributed by atoms with van der Waals surface area (Å²) in [6.07, 6.45) is 1.70. The molecular weight excluding hydrogens is 388 g/mol. The van der Waals surface area contributed by atoms with Crippen molar-refractivity contribution in [3.05, 3.63) is 46.5 Å². The Morgan fingerprint density at radius 3 is 2.89 bits per heavy atom. The number of nitrogens with one attached hydrogen (secondary N) is 2. The SMILES string of the molecule is CCC1(C)CCOC2C(=CN(C)C2C(O)NCc2ccc(F)c(F)c2)S(=O)N1. The zero-order valence-corrected chi connectivity index (χ0v) is 17.1. The zero-order valence-electron chi connectivity index (χ0n) is 16.2. The number of hydrogen-bond acceptors (Lipinski definition) is 5. The van der Waals surface area contributed by atoms with E-state index in [1.54, 1.807) is 18.1 Å². The maximum Gasteiger partial charge on any atom is 0.159 e. The minimum atomic E-state index is -1.43. The molecule has 6 nitrogen and oxygen atoms in total. The van der Waals surface area contributed by atoms with E-state index in [4.69, 9.17) is 4.74 Å². The molecule has 3 N–H and O–H groups in total. The normalized spacial score (nSPS) is 31.7.